The van der Waals surface area contributed by atoms with Crippen molar-refractivity contribution in [1.29, 1.82) is 0 Å². The van der Waals surface area contributed by atoms with Crippen LogP contribution in [0.2, 0.25) is 19.6 Å². The number of ether oxygens (including phenoxy) is 3. The van der Waals surface area contributed by atoms with Crippen molar-refractivity contribution in [2.75, 3.05) is 18.1 Å². The maximum Gasteiger partial charge on any atom is 0.421 e. The van der Waals surface area contributed by atoms with Crippen LogP contribution in [0.15, 0.2) is 152 Å². The fraction of sp³-hybridized carbons (Fsp3) is 0.200. The summed E-state index contributed by atoms with van der Waals surface area (Å²) >= 11 is 0. The lowest BCUT2D eigenvalue weighted by atomic mass is 9.79. The lowest BCUT2D eigenvalue weighted by molar-refractivity contribution is -0.142. The van der Waals surface area contributed by atoms with E-state index in [2.05, 4.69) is 67.5 Å². The molecule has 1 amide bonds. The number of para-hydroxylation sites is 2. The van der Waals surface area contributed by atoms with Gasteiger partial charge in [-0.15, -0.1) is 5.54 Å². The molecule has 5 aromatic carbocycles. The number of carbonyl (C=O) groups excluding carboxylic acids is 2. The molecule has 0 saturated heterocycles. The van der Waals surface area contributed by atoms with E-state index in [4.69, 9.17) is 14.2 Å². The molecular formula is C45H43NO5Si. The van der Waals surface area contributed by atoms with Crippen molar-refractivity contribution >= 4 is 31.4 Å². The number of carbonyl (C=O) groups is 2. The van der Waals surface area contributed by atoms with Gasteiger partial charge in [0.15, 0.2) is 0 Å². The van der Waals surface area contributed by atoms with E-state index in [-0.39, 0.29) is 13.2 Å². The average Bonchev–Trinajstić information content (AvgIpc) is 3.16. The predicted molar refractivity (Wildman–Crippen MR) is 210 cm³/mol. The topological polar surface area (TPSA) is 65.1 Å². The Kier molecular flexibility index (Phi) is 11.2. The number of nitrogens with zero attached hydrogens (tertiary/aromatic N) is 1. The summed E-state index contributed by atoms with van der Waals surface area (Å²) in [7, 11) is -1.87. The second-order valence-electron chi connectivity index (χ2n) is 13.7. The first kappa shape index (κ1) is 36.1. The predicted octanol–water partition coefficient (Wildman–Crippen LogP) is 9.53. The molecule has 52 heavy (non-hydrogen) atoms. The van der Waals surface area contributed by atoms with Gasteiger partial charge in [0, 0.05) is 18.4 Å². The van der Waals surface area contributed by atoms with Crippen LogP contribution in [0.1, 0.15) is 29.2 Å². The van der Waals surface area contributed by atoms with Crippen LogP contribution in [-0.2, 0) is 19.9 Å². The lowest BCUT2D eigenvalue weighted by Crippen LogP contribution is -2.44. The average molecular weight is 706 g/mol. The van der Waals surface area contributed by atoms with Crippen LogP contribution in [0.25, 0.3) is 5.57 Å². The molecule has 0 spiro atoms. The number of amides is 1. The number of hydrogen-bond donors (Lipinski definition) is 0. The summed E-state index contributed by atoms with van der Waals surface area (Å²) in [6, 6.07) is 46.6. The lowest BCUT2D eigenvalue weighted by Gasteiger charge is -2.39. The molecule has 7 heteroatoms. The monoisotopic (exact) mass is 705 g/mol. The number of rotatable bonds is 10. The Balaban J connectivity index is 1.48. The van der Waals surface area contributed by atoms with E-state index in [1.165, 1.54) is 6.92 Å². The number of anilines is 1. The molecule has 0 unspecified atom stereocenters. The van der Waals surface area contributed by atoms with E-state index >= 15 is 0 Å². The van der Waals surface area contributed by atoms with Crippen molar-refractivity contribution in [3.05, 3.63) is 174 Å². The summed E-state index contributed by atoms with van der Waals surface area (Å²) in [6.07, 6.45) is 1.47. The van der Waals surface area contributed by atoms with Crippen molar-refractivity contribution in [3.8, 4) is 17.2 Å². The maximum atomic E-state index is 14.0. The molecule has 0 saturated carbocycles. The van der Waals surface area contributed by atoms with Crippen molar-refractivity contribution in [2.45, 2.75) is 38.2 Å². The van der Waals surface area contributed by atoms with Gasteiger partial charge in [0.2, 0.25) is 0 Å². The van der Waals surface area contributed by atoms with Crippen molar-refractivity contribution < 1.29 is 23.8 Å². The minimum Gasteiger partial charge on any atom is -0.465 e. The zero-order valence-electron chi connectivity index (χ0n) is 30.0. The van der Waals surface area contributed by atoms with Crippen LogP contribution in [0.3, 0.4) is 0 Å². The van der Waals surface area contributed by atoms with Crippen molar-refractivity contribution in [2.24, 2.45) is 5.92 Å². The van der Waals surface area contributed by atoms with Crippen LogP contribution >= 0.6 is 0 Å². The second kappa shape index (κ2) is 16.1. The summed E-state index contributed by atoms with van der Waals surface area (Å²) < 4.78 is 18.9. The van der Waals surface area contributed by atoms with Gasteiger partial charge in [0.1, 0.15) is 32.1 Å². The van der Waals surface area contributed by atoms with Crippen LogP contribution in [0.4, 0.5) is 10.5 Å². The summed E-state index contributed by atoms with van der Waals surface area (Å²) in [5, 5.41) is 0. The maximum absolute atomic E-state index is 14.0. The largest absolute Gasteiger partial charge is 0.465 e. The van der Waals surface area contributed by atoms with Gasteiger partial charge in [0.05, 0.1) is 12.3 Å². The van der Waals surface area contributed by atoms with E-state index < -0.39 is 37.7 Å². The molecule has 0 aromatic heterocycles. The summed E-state index contributed by atoms with van der Waals surface area (Å²) in [4.78, 5) is 28.0. The highest BCUT2D eigenvalue weighted by Gasteiger charge is 2.40. The van der Waals surface area contributed by atoms with E-state index in [1.807, 2.05) is 103 Å². The highest BCUT2D eigenvalue weighted by Crippen LogP contribution is 2.43. The molecule has 0 radical (unpaired) electrons. The minimum absolute atomic E-state index is 0.0621. The van der Waals surface area contributed by atoms with E-state index in [9.17, 15) is 9.59 Å². The van der Waals surface area contributed by atoms with Crippen LogP contribution in [0.5, 0.6) is 5.75 Å². The van der Waals surface area contributed by atoms with Gasteiger partial charge in [-0.25, -0.2) is 4.79 Å². The standard InChI is InChI=1S/C45H43NO5Si/c1-34(47)49-32-35(33-50-45(36-19-9-5-10-20-36,37-21-11-6-12-22-37)38-23-13-7-14-24-38)42-31-39(29-30-52(2,3)4)46(43-28-18-17-27-41(42)43)44(48)51-40-25-15-8-16-26-40/h5-28,31,35,39H,32-33H2,1-4H3/t35-,39-/m1/s1. The first-order valence-corrected chi connectivity index (χ1v) is 21.0. The van der Waals surface area contributed by atoms with Crippen LogP contribution in [0, 0.1) is 17.4 Å². The molecule has 1 aliphatic rings. The Morgan fingerprint density at radius 2 is 1.21 bits per heavy atom. The summed E-state index contributed by atoms with van der Waals surface area (Å²) in [5.74, 6) is 3.05. The fourth-order valence-electron chi connectivity index (χ4n) is 6.45. The van der Waals surface area contributed by atoms with Gasteiger partial charge < -0.3 is 14.2 Å². The SMILES string of the molecule is CC(=O)OC[C@H](COC(c1ccccc1)(c1ccccc1)c1ccccc1)C1=C[C@@H](C#C[Si](C)(C)C)N(C(=O)Oc2ccccc2)c2ccccc21. The molecule has 0 N–H and O–H groups in total. The molecule has 0 aliphatic carbocycles. The molecule has 0 fully saturated rings. The van der Waals surface area contributed by atoms with Gasteiger partial charge in [0.25, 0.3) is 0 Å². The molecule has 0 bridgehead atoms. The number of benzene rings is 5. The van der Waals surface area contributed by atoms with Gasteiger partial charge in [-0.05, 0) is 46.5 Å². The fourth-order valence-corrected chi connectivity index (χ4v) is 7.04. The second-order valence-corrected chi connectivity index (χ2v) is 18.5. The van der Waals surface area contributed by atoms with E-state index in [0.29, 0.717) is 11.4 Å². The van der Waals surface area contributed by atoms with Crippen molar-refractivity contribution in [3.63, 3.8) is 0 Å². The van der Waals surface area contributed by atoms with Gasteiger partial charge in [-0.2, -0.15) is 0 Å². The Bertz CT molecular complexity index is 1970. The van der Waals surface area contributed by atoms with Crippen molar-refractivity contribution in [1.82, 2.24) is 0 Å². The Hall–Kier alpha value is -5.68. The van der Waals surface area contributed by atoms with Gasteiger partial charge in [-0.3, -0.25) is 9.69 Å². The zero-order chi connectivity index (χ0) is 36.6. The number of fused-ring (bicyclic) bond motifs is 1. The van der Waals surface area contributed by atoms with Crippen LogP contribution < -0.4 is 9.64 Å². The van der Waals surface area contributed by atoms with E-state index in [1.54, 1.807) is 17.0 Å². The summed E-state index contributed by atoms with van der Waals surface area (Å²) in [6.45, 7) is 8.15. The molecular weight excluding hydrogens is 663 g/mol. The molecule has 6 nitrogen and oxygen atoms in total. The van der Waals surface area contributed by atoms with E-state index in [0.717, 1.165) is 27.8 Å². The third kappa shape index (κ3) is 8.26. The summed E-state index contributed by atoms with van der Waals surface area (Å²) in [5.41, 5.74) is 7.72. The van der Waals surface area contributed by atoms with Gasteiger partial charge in [-0.1, -0.05) is 153 Å². The molecule has 2 atom stereocenters. The third-order valence-electron chi connectivity index (χ3n) is 8.80. The van der Waals surface area contributed by atoms with Crippen LogP contribution in [-0.4, -0.2) is 39.4 Å². The Labute approximate surface area is 307 Å². The number of hydrogen-bond acceptors (Lipinski definition) is 5. The minimum atomic E-state index is -1.87. The molecule has 1 aliphatic heterocycles. The smallest absolute Gasteiger partial charge is 0.421 e. The Morgan fingerprint density at radius 1 is 0.712 bits per heavy atom. The molecule has 262 valence electrons. The van der Waals surface area contributed by atoms with Gasteiger partial charge >= 0.3 is 12.1 Å². The molecule has 6 rings (SSSR count). The quantitative estimate of drug-likeness (QED) is 0.0627. The third-order valence-corrected chi connectivity index (χ3v) is 9.69. The number of esters is 1. The zero-order valence-corrected chi connectivity index (χ0v) is 31.0. The first-order valence-electron chi connectivity index (χ1n) is 17.5. The normalized spacial score (nSPS) is 14.6. The Morgan fingerprint density at radius 3 is 1.73 bits per heavy atom. The molecule has 5 aromatic rings. The first-order chi connectivity index (χ1) is 25.2. The molecule has 1 heterocycles. The highest BCUT2D eigenvalue weighted by molar-refractivity contribution is 6.83. The highest BCUT2D eigenvalue weighted by atomic mass is 28.3.